The summed E-state index contributed by atoms with van der Waals surface area (Å²) in [4.78, 5) is 16.8. The predicted molar refractivity (Wildman–Crippen MR) is 97.7 cm³/mol. The van der Waals surface area contributed by atoms with Crippen molar-refractivity contribution < 1.29 is 18.3 Å². The molecule has 0 saturated carbocycles. The van der Waals surface area contributed by atoms with Crippen molar-refractivity contribution in [2.75, 3.05) is 25.0 Å². The number of carbonyl (C=O) groups excluding carboxylic acids is 1. The molecule has 2 aromatic heterocycles. The van der Waals surface area contributed by atoms with E-state index in [1.807, 2.05) is 12.3 Å². The van der Waals surface area contributed by atoms with Crippen LogP contribution in [0.15, 0.2) is 21.7 Å². The van der Waals surface area contributed by atoms with Gasteiger partial charge in [-0.3, -0.25) is 10.1 Å². The van der Waals surface area contributed by atoms with Crippen LogP contribution in [0.4, 0.5) is 5.13 Å². The summed E-state index contributed by atoms with van der Waals surface area (Å²) < 4.78 is 27.2. The van der Waals surface area contributed by atoms with Gasteiger partial charge in [0.25, 0.3) is 5.91 Å². The van der Waals surface area contributed by atoms with Crippen LogP contribution in [0.2, 0.25) is 0 Å². The third-order valence-corrected chi connectivity index (χ3v) is 7.98. The Bertz CT molecular complexity index is 851. The highest BCUT2D eigenvalue weighted by molar-refractivity contribution is 7.89. The van der Waals surface area contributed by atoms with E-state index >= 15 is 0 Å². The number of hydrogen-bond donors (Lipinski definition) is 2. The minimum Gasteiger partial charge on any atom is -0.396 e. The van der Waals surface area contributed by atoms with Gasteiger partial charge < -0.3 is 5.11 Å². The summed E-state index contributed by atoms with van der Waals surface area (Å²) in [5.41, 5.74) is 0.797. The van der Waals surface area contributed by atoms with E-state index in [4.69, 9.17) is 0 Å². The molecule has 1 saturated heterocycles. The van der Waals surface area contributed by atoms with E-state index in [0.29, 0.717) is 31.1 Å². The molecule has 25 heavy (non-hydrogen) atoms. The van der Waals surface area contributed by atoms with Gasteiger partial charge in [0.15, 0.2) is 5.13 Å². The molecule has 1 aliphatic rings. The first-order valence-corrected chi connectivity index (χ1v) is 11.0. The second-order valence-corrected chi connectivity index (χ2v) is 9.57. The number of thiophene rings is 1. The van der Waals surface area contributed by atoms with Crippen LogP contribution >= 0.6 is 22.7 Å². The van der Waals surface area contributed by atoms with E-state index in [9.17, 15) is 18.3 Å². The first-order valence-electron chi connectivity index (χ1n) is 7.84. The fourth-order valence-corrected chi connectivity index (χ4v) is 6.15. The Morgan fingerprint density at radius 1 is 1.40 bits per heavy atom. The summed E-state index contributed by atoms with van der Waals surface area (Å²) in [6.07, 6.45) is 1.25. The van der Waals surface area contributed by atoms with Crippen molar-refractivity contribution in [1.29, 1.82) is 0 Å². The summed E-state index contributed by atoms with van der Waals surface area (Å²) in [5.74, 6) is -0.321. The second-order valence-electron chi connectivity index (χ2n) is 5.89. The Balaban J connectivity index is 1.79. The second kappa shape index (κ2) is 7.50. The van der Waals surface area contributed by atoms with Crippen molar-refractivity contribution in [2.45, 2.75) is 24.7 Å². The topological polar surface area (TPSA) is 99.6 Å². The lowest BCUT2D eigenvalue weighted by atomic mass is 10.00. The van der Waals surface area contributed by atoms with Crippen molar-refractivity contribution >= 4 is 43.7 Å². The predicted octanol–water partition coefficient (Wildman–Crippen LogP) is 2.16. The highest BCUT2D eigenvalue weighted by Gasteiger charge is 2.33. The van der Waals surface area contributed by atoms with Crippen LogP contribution < -0.4 is 5.32 Å². The van der Waals surface area contributed by atoms with Gasteiger partial charge in [0.2, 0.25) is 10.0 Å². The Labute approximate surface area is 154 Å². The summed E-state index contributed by atoms with van der Waals surface area (Å²) in [5, 5.41) is 15.7. The first kappa shape index (κ1) is 18.5. The molecule has 0 atom stereocenters. The minimum atomic E-state index is -3.73. The Morgan fingerprint density at radius 2 is 2.12 bits per heavy atom. The molecule has 136 valence electrons. The van der Waals surface area contributed by atoms with Crippen LogP contribution in [0.3, 0.4) is 0 Å². The minimum absolute atomic E-state index is 0.0331. The number of sulfonamides is 1. The Kier molecular flexibility index (Phi) is 5.54. The lowest BCUT2D eigenvalue weighted by molar-refractivity contribution is 0.102. The van der Waals surface area contributed by atoms with Gasteiger partial charge in [-0.15, -0.1) is 22.7 Å². The van der Waals surface area contributed by atoms with Crippen molar-refractivity contribution in [3.8, 4) is 0 Å². The van der Waals surface area contributed by atoms with E-state index in [1.165, 1.54) is 21.7 Å². The molecule has 0 aliphatic carbocycles. The number of hydrogen-bond acceptors (Lipinski definition) is 7. The zero-order valence-corrected chi connectivity index (χ0v) is 16.1. The molecule has 0 spiro atoms. The van der Waals surface area contributed by atoms with Crippen molar-refractivity contribution in [2.24, 2.45) is 5.92 Å². The van der Waals surface area contributed by atoms with E-state index in [0.717, 1.165) is 17.0 Å². The molecular formula is C15H19N3O4S3. The number of aromatic nitrogens is 1. The fourth-order valence-electron chi connectivity index (χ4n) is 2.70. The highest BCUT2D eigenvalue weighted by Crippen LogP contribution is 2.29. The van der Waals surface area contributed by atoms with Crippen molar-refractivity contribution in [3.05, 3.63) is 27.4 Å². The van der Waals surface area contributed by atoms with Crippen molar-refractivity contribution in [1.82, 2.24) is 9.29 Å². The van der Waals surface area contributed by atoms with E-state index in [2.05, 4.69) is 10.3 Å². The zero-order valence-electron chi connectivity index (χ0n) is 13.6. The van der Waals surface area contributed by atoms with Crippen LogP contribution in [0.25, 0.3) is 0 Å². The first-order chi connectivity index (χ1) is 11.9. The fraction of sp³-hybridized carbons (Fsp3) is 0.467. The maximum atomic E-state index is 12.9. The summed E-state index contributed by atoms with van der Waals surface area (Å²) in [6.45, 7) is 2.61. The highest BCUT2D eigenvalue weighted by atomic mass is 32.2. The number of carbonyl (C=O) groups is 1. The number of piperidine rings is 1. The quantitative estimate of drug-likeness (QED) is 0.800. The zero-order chi connectivity index (χ0) is 18.0. The van der Waals surface area contributed by atoms with Gasteiger partial charge in [-0.2, -0.15) is 4.31 Å². The molecule has 3 rings (SSSR count). The van der Waals surface area contributed by atoms with Crippen LogP contribution in [-0.2, 0) is 10.0 Å². The van der Waals surface area contributed by atoms with Crippen LogP contribution in [-0.4, -0.2) is 48.4 Å². The monoisotopic (exact) mass is 401 g/mol. The molecule has 2 N–H and O–H groups in total. The standard InChI is InChI=1S/C15H19N3O4S3/c1-10-9-24-15(16-10)17-14(20)13-12(4-7-23-13)25(21,22)18-5-2-11(8-19)3-6-18/h4,7,9,11,19H,2-3,5-6,8H2,1H3,(H,16,17,20). The van der Waals surface area contributed by atoms with Gasteiger partial charge in [-0.25, -0.2) is 13.4 Å². The molecule has 0 bridgehead atoms. The number of nitrogens with one attached hydrogen (secondary N) is 1. The Morgan fingerprint density at radius 3 is 2.72 bits per heavy atom. The lowest BCUT2D eigenvalue weighted by Crippen LogP contribution is -2.39. The molecule has 1 fully saturated rings. The maximum absolute atomic E-state index is 12.9. The van der Waals surface area contributed by atoms with Crippen LogP contribution in [0.1, 0.15) is 28.2 Å². The molecule has 7 nitrogen and oxygen atoms in total. The lowest BCUT2D eigenvalue weighted by Gasteiger charge is -2.30. The normalized spacial score (nSPS) is 16.9. The van der Waals surface area contributed by atoms with E-state index in [1.54, 1.807) is 5.38 Å². The van der Waals surface area contributed by atoms with Gasteiger partial charge in [0, 0.05) is 25.1 Å². The van der Waals surface area contributed by atoms with Crippen LogP contribution in [0, 0.1) is 12.8 Å². The number of anilines is 1. The number of amides is 1. The Hall–Kier alpha value is -1.33. The third kappa shape index (κ3) is 3.93. The average molecular weight is 402 g/mol. The van der Waals surface area contributed by atoms with Gasteiger partial charge in [0.1, 0.15) is 9.77 Å². The number of aliphatic hydroxyl groups excluding tert-OH is 1. The molecule has 0 unspecified atom stereocenters. The number of thiazole rings is 1. The summed E-state index contributed by atoms with van der Waals surface area (Å²) >= 11 is 2.40. The molecule has 10 heteroatoms. The third-order valence-electron chi connectivity index (χ3n) is 4.12. The van der Waals surface area contributed by atoms with Crippen LogP contribution in [0.5, 0.6) is 0 Å². The molecule has 2 aromatic rings. The van der Waals surface area contributed by atoms with Crippen molar-refractivity contribution in [3.63, 3.8) is 0 Å². The molecule has 1 aliphatic heterocycles. The van der Waals surface area contributed by atoms with Gasteiger partial charge in [-0.1, -0.05) is 0 Å². The number of aryl methyl sites for hydroxylation is 1. The maximum Gasteiger partial charge on any atom is 0.268 e. The van der Waals surface area contributed by atoms with E-state index in [-0.39, 0.29) is 22.3 Å². The molecule has 1 amide bonds. The smallest absolute Gasteiger partial charge is 0.268 e. The van der Waals surface area contributed by atoms with Gasteiger partial charge in [-0.05, 0) is 37.1 Å². The number of rotatable bonds is 5. The molecule has 0 aromatic carbocycles. The molecule has 0 radical (unpaired) electrons. The van der Waals surface area contributed by atoms with Gasteiger partial charge in [0.05, 0.1) is 5.69 Å². The number of aliphatic hydroxyl groups is 1. The van der Waals surface area contributed by atoms with Gasteiger partial charge >= 0.3 is 0 Å². The molecular weight excluding hydrogens is 382 g/mol. The largest absolute Gasteiger partial charge is 0.396 e. The average Bonchev–Trinajstić information content (AvgIpc) is 3.24. The summed E-state index contributed by atoms with van der Waals surface area (Å²) in [6, 6.07) is 1.47. The molecule has 3 heterocycles. The number of nitrogens with zero attached hydrogens (tertiary/aromatic N) is 2. The van der Waals surface area contributed by atoms with E-state index < -0.39 is 15.9 Å². The summed E-state index contributed by atoms with van der Waals surface area (Å²) in [7, 11) is -3.73. The SMILES string of the molecule is Cc1csc(NC(=O)c2sccc2S(=O)(=O)N2CCC(CO)CC2)n1.